The quantitative estimate of drug-likeness (QED) is 0.571. The smallest absolute Gasteiger partial charge is 0.268 e. The van der Waals surface area contributed by atoms with Crippen LogP contribution < -0.4 is 0 Å². The van der Waals surface area contributed by atoms with Gasteiger partial charge in [0.15, 0.2) is 0 Å². The summed E-state index contributed by atoms with van der Waals surface area (Å²) in [5.74, 6) is 0. The third kappa shape index (κ3) is 2.86. The highest BCUT2D eigenvalue weighted by atomic mass is 32.2. The van der Waals surface area contributed by atoms with Gasteiger partial charge in [0.1, 0.15) is 0 Å². The highest BCUT2D eigenvalue weighted by molar-refractivity contribution is 7.86. The summed E-state index contributed by atoms with van der Waals surface area (Å²) in [4.78, 5) is 0. The Labute approximate surface area is 86.1 Å². The van der Waals surface area contributed by atoms with E-state index in [1.807, 2.05) is 13.8 Å². The van der Waals surface area contributed by atoms with E-state index in [-0.39, 0.29) is 0 Å². The van der Waals surface area contributed by atoms with Crippen molar-refractivity contribution in [1.82, 2.24) is 0 Å². The highest BCUT2D eigenvalue weighted by Gasteiger charge is 2.44. The molecule has 0 aromatic carbocycles. The Bertz CT molecular complexity index is 272. The monoisotopic (exact) mass is 226 g/mol. The van der Waals surface area contributed by atoms with Gasteiger partial charge in [0.05, 0.1) is 5.25 Å². The van der Waals surface area contributed by atoms with Crippen molar-refractivity contribution in [3.05, 3.63) is 0 Å². The van der Waals surface area contributed by atoms with Crippen molar-refractivity contribution >= 4 is 22.7 Å². The molecule has 5 heteroatoms. The van der Waals surface area contributed by atoms with Gasteiger partial charge in [0.2, 0.25) is 0 Å². The number of rotatable bonds is 3. The molecule has 0 rings (SSSR count). The molecule has 1 N–H and O–H groups in total. The van der Waals surface area contributed by atoms with Gasteiger partial charge < -0.3 is 0 Å². The van der Waals surface area contributed by atoms with Gasteiger partial charge in [-0.2, -0.15) is 21.0 Å². The molecule has 0 heterocycles. The van der Waals surface area contributed by atoms with E-state index in [9.17, 15) is 8.42 Å². The third-order valence-corrected chi connectivity index (χ3v) is 5.10. The van der Waals surface area contributed by atoms with Crippen LogP contribution in [0.4, 0.5) is 0 Å². The summed E-state index contributed by atoms with van der Waals surface area (Å²) >= 11 is 4.33. The largest absolute Gasteiger partial charge is 0.285 e. The van der Waals surface area contributed by atoms with Gasteiger partial charge >= 0.3 is 0 Å². The fraction of sp³-hybridized carbons (Fsp3) is 1.00. The molecule has 0 fully saturated rings. The van der Waals surface area contributed by atoms with Gasteiger partial charge in [-0.3, -0.25) is 4.55 Å². The Morgan fingerprint density at radius 2 is 1.54 bits per heavy atom. The average Bonchev–Trinajstić information content (AvgIpc) is 1.81. The molecular formula is C8H18O3S2. The SMILES string of the molecule is CC(C(C)(C)C(C)(C)S)S(=O)(=O)O. The van der Waals surface area contributed by atoms with E-state index < -0.39 is 25.5 Å². The van der Waals surface area contributed by atoms with Crippen LogP contribution in [-0.4, -0.2) is 23.0 Å². The summed E-state index contributed by atoms with van der Waals surface area (Å²) in [5.41, 5.74) is -0.594. The first kappa shape index (κ1) is 13.3. The summed E-state index contributed by atoms with van der Waals surface area (Å²) in [6, 6.07) is 0. The van der Waals surface area contributed by atoms with Crippen molar-refractivity contribution in [2.24, 2.45) is 5.41 Å². The van der Waals surface area contributed by atoms with Crippen molar-refractivity contribution in [2.45, 2.75) is 44.6 Å². The number of hydrogen-bond donors (Lipinski definition) is 2. The lowest BCUT2D eigenvalue weighted by Crippen LogP contribution is -2.46. The van der Waals surface area contributed by atoms with E-state index in [2.05, 4.69) is 12.6 Å². The summed E-state index contributed by atoms with van der Waals surface area (Å²) in [6.07, 6.45) is 0. The molecule has 3 nitrogen and oxygen atoms in total. The van der Waals surface area contributed by atoms with E-state index in [4.69, 9.17) is 4.55 Å². The molecule has 0 bridgehead atoms. The van der Waals surface area contributed by atoms with Crippen LogP contribution in [-0.2, 0) is 10.1 Å². The molecule has 13 heavy (non-hydrogen) atoms. The molecule has 0 radical (unpaired) electrons. The van der Waals surface area contributed by atoms with Crippen LogP contribution in [0.1, 0.15) is 34.6 Å². The molecule has 0 aliphatic carbocycles. The summed E-state index contributed by atoms with van der Waals surface area (Å²) < 4.78 is 30.3. The Morgan fingerprint density at radius 3 is 1.62 bits per heavy atom. The van der Waals surface area contributed by atoms with Gasteiger partial charge in [-0.25, -0.2) is 0 Å². The van der Waals surface area contributed by atoms with Gasteiger partial charge in [0, 0.05) is 4.75 Å². The van der Waals surface area contributed by atoms with E-state index in [0.29, 0.717) is 0 Å². The standard InChI is InChI=1S/C8H18O3S2/c1-6(13(9,10)11)7(2,3)8(4,5)12/h6,12H,1-5H3,(H,9,10,11). The number of hydrogen-bond acceptors (Lipinski definition) is 3. The van der Waals surface area contributed by atoms with E-state index in [0.717, 1.165) is 0 Å². The van der Waals surface area contributed by atoms with E-state index in [1.54, 1.807) is 13.8 Å². The Morgan fingerprint density at radius 1 is 1.23 bits per heavy atom. The molecule has 0 saturated heterocycles. The minimum atomic E-state index is -3.99. The van der Waals surface area contributed by atoms with Crippen LogP contribution in [0.25, 0.3) is 0 Å². The van der Waals surface area contributed by atoms with Crippen molar-refractivity contribution in [1.29, 1.82) is 0 Å². The van der Waals surface area contributed by atoms with Crippen LogP contribution in [0, 0.1) is 5.41 Å². The second-order valence-corrected chi connectivity index (χ2v) is 7.29. The summed E-state index contributed by atoms with van der Waals surface area (Å²) in [7, 11) is -3.99. The number of thiol groups is 1. The van der Waals surface area contributed by atoms with Crippen LogP contribution in [0.2, 0.25) is 0 Å². The highest BCUT2D eigenvalue weighted by Crippen LogP contribution is 2.41. The normalized spacial score (nSPS) is 17.2. The Balaban J connectivity index is 5.09. The molecule has 0 aromatic heterocycles. The predicted octanol–water partition coefficient (Wildman–Crippen LogP) is 2.00. The van der Waals surface area contributed by atoms with Crippen LogP contribution in [0.3, 0.4) is 0 Å². The second-order valence-electron chi connectivity index (χ2n) is 4.44. The molecule has 0 saturated carbocycles. The fourth-order valence-electron chi connectivity index (χ4n) is 0.870. The van der Waals surface area contributed by atoms with Gasteiger partial charge in [-0.15, -0.1) is 0 Å². The zero-order valence-corrected chi connectivity index (χ0v) is 10.4. The Kier molecular flexibility index (Phi) is 3.51. The minimum Gasteiger partial charge on any atom is -0.285 e. The minimum absolute atomic E-state index is 0.470. The van der Waals surface area contributed by atoms with Crippen molar-refractivity contribution in [2.75, 3.05) is 0 Å². The van der Waals surface area contributed by atoms with E-state index in [1.165, 1.54) is 6.92 Å². The fourth-order valence-corrected chi connectivity index (χ4v) is 2.19. The maximum absolute atomic E-state index is 10.9. The molecule has 80 valence electrons. The lowest BCUT2D eigenvalue weighted by Gasteiger charge is -2.41. The lowest BCUT2D eigenvalue weighted by atomic mass is 9.78. The van der Waals surface area contributed by atoms with Crippen LogP contribution >= 0.6 is 12.6 Å². The van der Waals surface area contributed by atoms with Crippen LogP contribution in [0.5, 0.6) is 0 Å². The first-order chi connectivity index (χ1) is 5.40. The summed E-state index contributed by atoms with van der Waals surface area (Å²) in [5, 5.41) is -0.826. The third-order valence-electron chi connectivity index (χ3n) is 3.04. The molecule has 0 aliphatic heterocycles. The van der Waals surface area contributed by atoms with Gasteiger partial charge in [-0.05, 0) is 12.3 Å². The predicted molar refractivity (Wildman–Crippen MR) is 57.9 cm³/mol. The molecule has 0 aromatic rings. The molecule has 0 aliphatic rings. The maximum atomic E-state index is 10.9. The first-order valence-electron chi connectivity index (χ1n) is 4.09. The zero-order chi connectivity index (χ0) is 11.1. The maximum Gasteiger partial charge on any atom is 0.268 e. The Hall–Kier alpha value is 0.260. The second kappa shape index (κ2) is 3.44. The molecule has 1 unspecified atom stereocenters. The lowest BCUT2D eigenvalue weighted by molar-refractivity contribution is 0.265. The van der Waals surface area contributed by atoms with Crippen molar-refractivity contribution in [3.8, 4) is 0 Å². The average molecular weight is 226 g/mol. The van der Waals surface area contributed by atoms with Crippen molar-refractivity contribution in [3.63, 3.8) is 0 Å². The van der Waals surface area contributed by atoms with Crippen molar-refractivity contribution < 1.29 is 13.0 Å². The van der Waals surface area contributed by atoms with Gasteiger partial charge in [-0.1, -0.05) is 27.7 Å². The molecular weight excluding hydrogens is 208 g/mol. The van der Waals surface area contributed by atoms with Crippen LogP contribution in [0.15, 0.2) is 0 Å². The topological polar surface area (TPSA) is 54.4 Å². The zero-order valence-electron chi connectivity index (χ0n) is 8.70. The first-order valence-corrected chi connectivity index (χ1v) is 6.04. The molecule has 0 spiro atoms. The van der Waals surface area contributed by atoms with E-state index >= 15 is 0 Å². The summed E-state index contributed by atoms with van der Waals surface area (Å²) in [6.45, 7) is 8.71. The van der Waals surface area contributed by atoms with Gasteiger partial charge in [0.25, 0.3) is 10.1 Å². The molecule has 0 amide bonds. The molecule has 1 atom stereocenters.